The molecule has 0 bridgehead atoms. The Kier molecular flexibility index (Phi) is 2.71. The van der Waals surface area contributed by atoms with Gasteiger partial charge in [0.1, 0.15) is 6.04 Å². The van der Waals surface area contributed by atoms with E-state index < -0.39 is 12.0 Å². The Morgan fingerprint density at radius 2 is 1.89 bits per heavy atom. The maximum absolute atomic E-state index is 11.5. The van der Waals surface area contributed by atoms with E-state index in [1.165, 1.54) is 0 Å². The molecule has 19 heavy (non-hydrogen) atoms. The topological polar surface area (TPSA) is 66.4 Å². The van der Waals surface area contributed by atoms with Crippen LogP contribution < -0.4 is 5.32 Å². The Bertz CT molecular complexity index is 660. The molecule has 2 aromatic carbocycles. The van der Waals surface area contributed by atoms with Gasteiger partial charge in [0.25, 0.3) is 0 Å². The fraction of sp³-hybridized carbons (Fsp3) is 0.200. The molecule has 0 aromatic heterocycles. The van der Waals surface area contributed by atoms with Gasteiger partial charge >= 0.3 is 5.97 Å². The number of amides is 1. The van der Waals surface area contributed by atoms with Gasteiger partial charge in [-0.25, -0.2) is 4.79 Å². The van der Waals surface area contributed by atoms with Crippen LogP contribution in [0.25, 0.3) is 10.8 Å². The lowest BCUT2D eigenvalue weighted by Crippen LogP contribution is -2.36. The molecule has 4 nitrogen and oxygen atoms in total. The molecule has 0 unspecified atom stereocenters. The molecular weight excluding hydrogens is 242 g/mol. The summed E-state index contributed by atoms with van der Waals surface area (Å²) < 4.78 is 0. The number of carboxylic acid groups (broad SMARTS) is 1. The second-order valence-electron chi connectivity index (χ2n) is 4.76. The van der Waals surface area contributed by atoms with Crippen LogP contribution in [-0.2, 0) is 9.59 Å². The lowest BCUT2D eigenvalue weighted by atomic mass is 9.88. The summed E-state index contributed by atoms with van der Waals surface area (Å²) >= 11 is 0. The molecule has 1 saturated heterocycles. The molecule has 1 aliphatic heterocycles. The van der Waals surface area contributed by atoms with Gasteiger partial charge in [0.15, 0.2) is 0 Å². The number of carboxylic acids is 1. The number of carbonyl (C=O) groups excluding carboxylic acids is 1. The minimum atomic E-state index is -0.983. The van der Waals surface area contributed by atoms with E-state index in [4.69, 9.17) is 0 Å². The fourth-order valence-corrected chi connectivity index (χ4v) is 2.75. The van der Waals surface area contributed by atoms with Crippen molar-refractivity contribution in [3.63, 3.8) is 0 Å². The largest absolute Gasteiger partial charge is 0.480 e. The first-order chi connectivity index (χ1) is 9.16. The lowest BCUT2D eigenvalue weighted by molar-refractivity contribution is -0.140. The molecule has 1 amide bonds. The normalized spacial score (nSPS) is 22.4. The predicted octanol–water partition coefficient (Wildman–Crippen LogP) is 1.90. The summed E-state index contributed by atoms with van der Waals surface area (Å²) in [6, 6.07) is 12.8. The molecule has 2 N–H and O–H groups in total. The monoisotopic (exact) mass is 255 g/mol. The minimum absolute atomic E-state index is 0.203. The van der Waals surface area contributed by atoms with Crippen LogP contribution in [-0.4, -0.2) is 23.0 Å². The maximum atomic E-state index is 11.5. The third kappa shape index (κ3) is 1.95. The molecule has 1 fully saturated rings. The lowest BCUT2D eigenvalue weighted by Gasteiger charge is -2.17. The number of benzene rings is 2. The summed E-state index contributed by atoms with van der Waals surface area (Å²) in [5.74, 6) is -1.50. The Morgan fingerprint density at radius 3 is 2.68 bits per heavy atom. The number of nitrogens with one attached hydrogen (secondary N) is 1. The first kappa shape index (κ1) is 11.7. The minimum Gasteiger partial charge on any atom is -0.480 e. The first-order valence-electron chi connectivity index (χ1n) is 6.16. The molecule has 96 valence electrons. The highest BCUT2D eigenvalue weighted by Crippen LogP contribution is 2.33. The number of fused-ring (bicyclic) bond motifs is 1. The van der Waals surface area contributed by atoms with Crippen molar-refractivity contribution in [2.24, 2.45) is 0 Å². The van der Waals surface area contributed by atoms with Crippen molar-refractivity contribution < 1.29 is 14.7 Å². The number of carbonyl (C=O) groups is 2. The predicted molar refractivity (Wildman–Crippen MR) is 70.9 cm³/mol. The van der Waals surface area contributed by atoms with E-state index in [9.17, 15) is 14.7 Å². The van der Waals surface area contributed by atoms with E-state index in [-0.39, 0.29) is 18.2 Å². The molecule has 0 aliphatic carbocycles. The van der Waals surface area contributed by atoms with Crippen LogP contribution in [0.3, 0.4) is 0 Å². The van der Waals surface area contributed by atoms with Gasteiger partial charge in [0.05, 0.1) is 0 Å². The van der Waals surface area contributed by atoms with Crippen molar-refractivity contribution in [2.45, 2.75) is 18.4 Å². The van der Waals surface area contributed by atoms with Crippen molar-refractivity contribution in [1.82, 2.24) is 5.32 Å². The number of aliphatic carboxylic acids is 1. The molecule has 0 radical (unpaired) electrons. The van der Waals surface area contributed by atoms with Crippen molar-refractivity contribution in [1.29, 1.82) is 0 Å². The van der Waals surface area contributed by atoms with Gasteiger partial charge in [-0.15, -0.1) is 0 Å². The van der Waals surface area contributed by atoms with Gasteiger partial charge in [0, 0.05) is 12.3 Å². The summed E-state index contributed by atoms with van der Waals surface area (Å²) in [5.41, 5.74) is 0.920. The molecule has 1 heterocycles. The summed E-state index contributed by atoms with van der Waals surface area (Å²) in [4.78, 5) is 22.8. The zero-order valence-electron chi connectivity index (χ0n) is 10.2. The molecule has 4 heteroatoms. The molecule has 2 aromatic rings. The number of hydrogen-bond donors (Lipinski definition) is 2. The average Bonchev–Trinajstić information content (AvgIpc) is 2.80. The van der Waals surface area contributed by atoms with Gasteiger partial charge in [-0.1, -0.05) is 42.5 Å². The zero-order valence-corrected chi connectivity index (χ0v) is 10.2. The van der Waals surface area contributed by atoms with Crippen molar-refractivity contribution in [3.8, 4) is 0 Å². The average molecular weight is 255 g/mol. The summed E-state index contributed by atoms with van der Waals surface area (Å²) in [5, 5.41) is 13.8. The van der Waals surface area contributed by atoms with Gasteiger partial charge in [-0.05, 0) is 16.3 Å². The van der Waals surface area contributed by atoms with Crippen LogP contribution in [0.15, 0.2) is 42.5 Å². The fourth-order valence-electron chi connectivity index (χ4n) is 2.75. The van der Waals surface area contributed by atoms with E-state index >= 15 is 0 Å². The number of hydrogen-bond acceptors (Lipinski definition) is 2. The Hall–Kier alpha value is -2.36. The standard InChI is InChI=1S/C15H13NO3/c17-13-8-12(14(16-13)15(18)19)11-7-3-5-9-4-1-2-6-10(9)11/h1-7,12,14H,8H2,(H,16,17)(H,18,19)/t12-,14-/m1/s1. The van der Waals surface area contributed by atoms with E-state index in [0.29, 0.717) is 0 Å². The van der Waals surface area contributed by atoms with Crippen LogP contribution in [0.1, 0.15) is 17.9 Å². The van der Waals surface area contributed by atoms with Gasteiger partial charge in [-0.2, -0.15) is 0 Å². The molecule has 0 spiro atoms. The zero-order chi connectivity index (χ0) is 13.4. The Morgan fingerprint density at radius 1 is 1.16 bits per heavy atom. The SMILES string of the molecule is O=C1C[C@H](c2cccc3ccccc23)[C@H](C(=O)O)N1. The van der Waals surface area contributed by atoms with Gasteiger partial charge in [-0.3, -0.25) is 4.79 Å². The summed E-state index contributed by atoms with van der Waals surface area (Å²) in [6.07, 6.45) is 0.227. The van der Waals surface area contributed by atoms with E-state index in [2.05, 4.69) is 5.32 Å². The highest BCUT2D eigenvalue weighted by molar-refractivity contribution is 5.93. The molecule has 2 atom stereocenters. The molecular formula is C15H13NO3. The summed E-state index contributed by atoms with van der Waals surface area (Å²) in [6.45, 7) is 0. The van der Waals surface area contributed by atoms with Gasteiger partial charge in [0.2, 0.25) is 5.91 Å². The van der Waals surface area contributed by atoms with Crippen LogP contribution in [0.5, 0.6) is 0 Å². The van der Waals surface area contributed by atoms with Crippen molar-refractivity contribution in [3.05, 3.63) is 48.0 Å². The summed E-state index contributed by atoms with van der Waals surface area (Å²) in [7, 11) is 0. The van der Waals surface area contributed by atoms with E-state index in [0.717, 1.165) is 16.3 Å². The second kappa shape index (κ2) is 4.39. The quantitative estimate of drug-likeness (QED) is 0.861. The van der Waals surface area contributed by atoms with Crippen LogP contribution in [0.2, 0.25) is 0 Å². The third-order valence-electron chi connectivity index (χ3n) is 3.61. The Labute approximate surface area is 110 Å². The van der Waals surface area contributed by atoms with Crippen LogP contribution in [0, 0.1) is 0 Å². The molecule has 1 aliphatic rings. The highest BCUT2D eigenvalue weighted by Gasteiger charge is 2.38. The first-order valence-corrected chi connectivity index (χ1v) is 6.16. The third-order valence-corrected chi connectivity index (χ3v) is 3.61. The van der Waals surface area contributed by atoms with Gasteiger partial charge < -0.3 is 10.4 Å². The molecule has 0 saturated carbocycles. The van der Waals surface area contributed by atoms with E-state index in [1.807, 2.05) is 42.5 Å². The van der Waals surface area contributed by atoms with Crippen LogP contribution in [0.4, 0.5) is 0 Å². The smallest absolute Gasteiger partial charge is 0.326 e. The second-order valence-corrected chi connectivity index (χ2v) is 4.76. The molecule has 3 rings (SSSR count). The van der Waals surface area contributed by atoms with Crippen molar-refractivity contribution >= 4 is 22.6 Å². The highest BCUT2D eigenvalue weighted by atomic mass is 16.4. The van der Waals surface area contributed by atoms with E-state index in [1.54, 1.807) is 0 Å². The Balaban J connectivity index is 2.13. The van der Waals surface area contributed by atoms with Crippen LogP contribution >= 0.6 is 0 Å². The number of rotatable bonds is 2. The maximum Gasteiger partial charge on any atom is 0.326 e. The van der Waals surface area contributed by atoms with Crippen molar-refractivity contribution in [2.75, 3.05) is 0 Å².